The maximum Gasteiger partial charge on any atom is 0.146 e. The van der Waals surface area contributed by atoms with Crippen LogP contribution in [-0.4, -0.2) is 17.0 Å². The van der Waals surface area contributed by atoms with Crippen molar-refractivity contribution in [2.75, 3.05) is 11.9 Å². The van der Waals surface area contributed by atoms with E-state index in [1.54, 1.807) is 30.1 Å². The molecule has 0 saturated carbocycles. The third-order valence-corrected chi connectivity index (χ3v) is 3.08. The number of rotatable bonds is 3. The lowest BCUT2D eigenvalue weighted by Crippen LogP contribution is -2.15. The van der Waals surface area contributed by atoms with E-state index in [1.165, 1.54) is 12.4 Å². The summed E-state index contributed by atoms with van der Waals surface area (Å²) in [6.07, 6.45) is 2.07. The Balaban J connectivity index is 2.50. The van der Waals surface area contributed by atoms with E-state index in [9.17, 15) is 4.39 Å². The Bertz CT molecular complexity index is 560. The highest BCUT2D eigenvalue weighted by atomic mass is 35.5. The molecule has 0 fully saturated rings. The van der Waals surface area contributed by atoms with Gasteiger partial charge in [-0.1, -0.05) is 30.7 Å². The molecule has 3 nitrogen and oxygen atoms in total. The molecule has 0 bridgehead atoms. The molecule has 0 unspecified atom stereocenters. The Labute approximate surface area is 110 Å². The van der Waals surface area contributed by atoms with E-state index in [0.29, 0.717) is 23.1 Å². The van der Waals surface area contributed by atoms with Crippen molar-refractivity contribution in [1.82, 2.24) is 9.97 Å². The molecule has 0 spiro atoms. The lowest BCUT2D eigenvalue weighted by atomic mass is 10.2. The number of halogens is 2. The molecule has 2 aromatic rings. The van der Waals surface area contributed by atoms with Crippen LogP contribution in [0.4, 0.5) is 15.9 Å². The minimum atomic E-state index is -0.295. The molecule has 0 saturated heterocycles. The zero-order chi connectivity index (χ0) is 13.1. The smallest absolute Gasteiger partial charge is 0.146 e. The van der Waals surface area contributed by atoms with Crippen molar-refractivity contribution >= 4 is 23.1 Å². The van der Waals surface area contributed by atoms with Crippen molar-refractivity contribution in [3.05, 3.63) is 47.1 Å². The Morgan fingerprint density at radius 1 is 1.28 bits per heavy atom. The average Bonchev–Trinajstić information content (AvgIpc) is 2.38. The summed E-state index contributed by atoms with van der Waals surface area (Å²) in [6, 6.07) is 6.55. The molecule has 0 N–H and O–H groups in total. The molecule has 1 aromatic carbocycles. The van der Waals surface area contributed by atoms with Gasteiger partial charge in [-0.3, -0.25) is 0 Å². The zero-order valence-corrected chi connectivity index (χ0v) is 10.9. The average molecular weight is 266 g/mol. The van der Waals surface area contributed by atoms with Gasteiger partial charge in [-0.05, 0) is 18.6 Å². The Morgan fingerprint density at radius 3 is 2.67 bits per heavy atom. The Morgan fingerprint density at radius 2 is 2.00 bits per heavy atom. The van der Waals surface area contributed by atoms with Gasteiger partial charge in [-0.2, -0.15) is 0 Å². The minimum absolute atomic E-state index is 0.295. The molecule has 94 valence electrons. The lowest BCUT2D eigenvalue weighted by Gasteiger charge is -2.21. The summed E-state index contributed by atoms with van der Waals surface area (Å²) in [4.78, 5) is 9.82. The van der Waals surface area contributed by atoms with Crippen LogP contribution in [0.25, 0.3) is 0 Å². The van der Waals surface area contributed by atoms with E-state index in [4.69, 9.17) is 11.6 Å². The fourth-order valence-electron chi connectivity index (χ4n) is 1.81. The molecular formula is C13H13ClFN3. The molecule has 0 aliphatic heterocycles. The first-order valence-corrected chi connectivity index (χ1v) is 6.00. The molecule has 0 aliphatic rings. The van der Waals surface area contributed by atoms with Crippen LogP contribution in [0.1, 0.15) is 12.5 Å². The lowest BCUT2D eigenvalue weighted by molar-refractivity contribution is 0.627. The summed E-state index contributed by atoms with van der Waals surface area (Å²) in [5.41, 5.74) is 1.27. The number of benzene rings is 1. The molecule has 5 heteroatoms. The van der Waals surface area contributed by atoms with E-state index in [-0.39, 0.29) is 5.82 Å². The maximum absolute atomic E-state index is 13.7. The predicted octanol–water partition coefficient (Wildman–Crippen LogP) is 3.60. The number of hydrogen-bond donors (Lipinski definition) is 0. The summed E-state index contributed by atoms with van der Waals surface area (Å²) in [6.45, 7) is 1.96. The highest BCUT2D eigenvalue weighted by Crippen LogP contribution is 2.29. The van der Waals surface area contributed by atoms with Crippen molar-refractivity contribution in [3.63, 3.8) is 0 Å². The van der Waals surface area contributed by atoms with Gasteiger partial charge in [0, 0.05) is 12.6 Å². The van der Waals surface area contributed by atoms with E-state index in [0.717, 1.165) is 5.56 Å². The van der Waals surface area contributed by atoms with E-state index in [1.807, 2.05) is 6.92 Å². The molecular weight excluding hydrogens is 253 g/mol. The Hall–Kier alpha value is -1.68. The van der Waals surface area contributed by atoms with Crippen LogP contribution in [0, 0.1) is 5.82 Å². The second-order valence-electron chi connectivity index (χ2n) is 3.83. The van der Waals surface area contributed by atoms with Gasteiger partial charge in [0.15, 0.2) is 0 Å². The highest BCUT2D eigenvalue weighted by molar-refractivity contribution is 6.30. The van der Waals surface area contributed by atoms with Crippen LogP contribution in [0.2, 0.25) is 5.15 Å². The van der Waals surface area contributed by atoms with Crippen LogP contribution in [-0.2, 0) is 6.42 Å². The summed E-state index contributed by atoms with van der Waals surface area (Å²) in [5, 5.41) is 0.408. The summed E-state index contributed by atoms with van der Waals surface area (Å²) < 4.78 is 13.7. The van der Waals surface area contributed by atoms with Crippen LogP contribution >= 0.6 is 11.6 Å². The SMILES string of the molecule is CCc1c(Cl)ncnc1N(C)c1ccccc1F. The maximum atomic E-state index is 13.7. The van der Waals surface area contributed by atoms with Crippen molar-refractivity contribution in [2.45, 2.75) is 13.3 Å². The van der Waals surface area contributed by atoms with Crippen molar-refractivity contribution in [3.8, 4) is 0 Å². The van der Waals surface area contributed by atoms with Crippen molar-refractivity contribution in [1.29, 1.82) is 0 Å². The zero-order valence-electron chi connectivity index (χ0n) is 10.2. The Kier molecular flexibility index (Phi) is 3.77. The molecule has 0 atom stereocenters. The van der Waals surface area contributed by atoms with Gasteiger partial charge in [0.2, 0.25) is 0 Å². The molecule has 18 heavy (non-hydrogen) atoms. The number of nitrogens with zero attached hydrogens (tertiary/aromatic N) is 3. The van der Waals surface area contributed by atoms with Gasteiger partial charge in [0.25, 0.3) is 0 Å². The van der Waals surface area contributed by atoms with Gasteiger partial charge in [0.1, 0.15) is 23.1 Å². The van der Waals surface area contributed by atoms with Gasteiger partial charge in [0.05, 0.1) is 5.69 Å². The summed E-state index contributed by atoms with van der Waals surface area (Å²) in [7, 11) is 1.76. The van der Waals surface area contributed by atoms with Gasteiger partial charge in [-0.25, -0.2) is 14.4 Å². The molecule has 0 aliphatic carbocycles. The minimum Gasteiger partial charge on any atom is -0.327 e. The highest BCUT2D eigenvalue weighted by Gasteiger charge is 2.15. The number of para-hydroxylation sites is 1. The monoisotopic (exact) mass is 265 g/mol. The van der Waals surface area contributed by atoms with Crippen molar-refractivity contribution < 1.29 is 4.39 Å². The predicted molar refractivity (Wildman–Crippen MR) is 70.9 cm³/mol. The fraction of sp³-hybridized carbons (Fsp3) is 0.231. The molecule has 1 aromatic heterocycles. The number of hydrogen-bond acceptors (Lipinski definition) is 3. The number of anilines is 2. The first-order valence-electron chi connectivity index (χ1n) is 5.62. The first-order chi connectivity index (χ1) is 8.65. The van der Waals surface area contributed by atoms with Crippen LogP contribution in [0.15, 0.2) is 30.6 Å². The van der Waals surface area contributed by atoms with Gasteiger partial charge in [-0.15, -0.1) is 0 Å². The first kappa shape index (κ1) is 12.8. The van der Waals surface area contributed by atoms with E-state index < -0.39 is 0 Å². The van der Waals surface area contributed by atoms with Crippen LogP contribution in [0.5, 0.6) is 0 Å². The largest absolute Gasteiger partial charge is 0.327 e. The number of aromatic nitrogens is 2. The van der Waals surface area contributed by atoms with Gasteiger partial charge >= 0.3 is 0 Å². The molecule has 0 radical (unpaired) electrons. The summed E-state index contributed by atoms with van der Waals surface area (Å²) in [5.74, 6) is 0.333. The molecule has 2 rings (SSSR count). The third kappa shape index (κ3) is 2.29. The topological polar surface area (TPSA) is 29.0 Å². The van der Waals surface area contributed by atoms with Crippen LogP contribution in [0.3, 0.4) is 0 Å². The fourth-order valence-corrected chi connectivity index (χ4v) is 2.07. The third-order valence-electron chi connectivity index (χ3n) is 2.76. The quantitative estimate of drug-likeness (QED) is 0.794. The standard InChI is InChI=1S/C13H13ClFN3/c1-3-9-12(14)16-8-17-13(9)18(2)11-7-5-4-6-10(11)15/h4-8H,3H2,1-2H3. The van der Waals surface area contributed by atoms with Crippen LogP contribution < -0.4 is 4.90 Å². The van der Waals surface area contributed by atoms with Crippen molar-refractivity contribution in [2.24, 2.45) is 0 Å². The second kappa shape index (κ2) is 5.31. The normalized spacial score (nSPS) is 10.4. The van der Waals surface area contributed by atoms with E-state index >= 15 is 0 Å². The second-order valence-corrected chi connectivity index (χ2v) is 4.19. The van der Waals surface area contributed by atoms with Gasteiger partial charge < -0.3 is 4.90 Å². The summed E-state index contributed by atoms with van der Waals surface area (Å²) >= 11 is 6.03. The molecule has 1 heterocycles. The molecule has 0 amide bonds. The van der Waals surface area contributed by atoms with E-state index in [2.05, 4.69) is 9.97 Å².